The molecule has 2 aliphatic rings. The van der Waals surface area contributed by atoms with Gasteiger partial charge in [-0.25, -0.2) is 0 Å². The van der Waals surface area contributed by atoms with Crippen LogP contribution in [0.4, 0.5) is 0 Å². The second-order valence-corrected chi connectivity index (χ2v) is 9.53. The molecule has 204 valence electrons. The van der Waals surface area contributed by atoms with Gasteiger partial charge in [-0.3, -0.25) is 19.2 Å². The van der Waals surface area contributed by atoms with E-state index in [1.165, 1.54) is 4.90 Å². The van der Waals surface area contributed by atoms with E-state index in [4.69, 9.17) is 9.47 Å². The smallest absolute Gasteiger partial charge is 0.248 e. The number of ether oxygens (including phenoxy) is 2. The van der Waals surface area contributed by atoms with Crippen LogP contribution in [-0.2, 0) is 35.1 Å². The van der Waals surface area contributed by atoms with Crippen LogP contribution in [0.1, 0.15) is 25.8 Å². The Morgan fingerprint density at radius 1 is 0.973 bits per heavy atom. The van der Waals surface area contributed by atoms with Crippen LogP contribution >= 0.6 is 0 Å². The summed E-state index contributed by atoms with van der Waals surface area (Å²) in [7, 11) is 1.57. The minimum Gasteiger partial charge on any atom is -0.383 e. The molecular weight excluding hydrogens is 476 g/mol. The van der Waals surface area contributed by atoms with Crippen LogP contribution in [0.2, 0.25) is 0 Å². The molecule has 0 bridgehead atoms. The molecule has 0 unspecified atom stereocenters. The summed E-state index contributed by atoms with van der Waals surface area (Å²) in [5, 5.41) is 0. The molecule has 1 aromatic rings. The Bertz CT molecular complexity index is 923. The van der Waals surface area contributed by atoms with Crippen molar-refractivity contribution in [2.24, 2.45) is 5.92 Å². The standard InChI is InChI=1S/C27H40N4O6/c1-4-28(5-2)26(34)20-37-23-17-29(12-11-21-9-7-6-8-10-21)25(33)19-31(18-23)27(35)22-15-24(32)30(16-22)13-14-36-3/h6-10,22-23H,4-5,11-20H2,1-3H3/t22-,23-/m0/s1. The SMILES string of the molecule is CCN(CC)C(=O)CO[C@H]1CN(CCc2ccccc2)C(=O)CN(C(=O)[C@H]2CC(=O)N(CCOC)C2)C1. The van der Waals surface area contributed by atoms with Crippen molar-refractivity contribution in [1.82, 2.24) is 19.6 Å². The van der Waals surface area contributed by atoms with Gasteiger partial charge in [-0.2, -0.15) is 0 Å². The van der Waals surface area contributed by atoms with Crippen LogP contribution in [0.3, 0.4) is 0 Å². The van der Waals surface area contributed by atoms with Gasteiger partial charge in [-0.15, -0.1) is 0 Å². The first-order valence-electron chi connectivity index (χ1n) is 13.1. The first kappa shape index (κ1) is 28.6. The zero-order chi connectivity index (χ0) is 26.8. The molecule has 37 heavy (non-hydrogen) atoms. The Morgan fingerprint density at radius 2 is 1.68 bits per heavy atom. The normalized spacial score (nSPS) is 20.4. The van der Waals surface area contributed by atoms with E-state index in [2.05, 4.69) is 0 Å². The lowest BCUT2D eigenvalue weighted by atomic mass is 10.1. The number of rotatable bonds is 12. The van der Waals surface area contributed by atoms with Crippen molar-refractivity contribution in [3.05, 3.63) is 35.9 Å². The van der Waals surface area contributed by atoms with E-state index >= 15 is 0 Å². The molecule has 0 aliphatic carbocycles. The molecule has 1 aromatic carbocycles. The van der Waals surface area contributed by atoms with Gasteiger partial charge in [0.15, 0.2) is 0 Å². The lowest BCUT2D eigenvalue weighted by molar-refractivity contribution is -0.142. The number of amides is 4. The zero-order valence-corrected chi connectivity index (χ0v) is 22.3. The maximum atomic E-state index is 13.4. The third kappa shape index (κ3) is 8.00. The molecule has 2 saturated heterocycles. The lowest BCUT2D eigenvalue weighted by Crippen LogP contribution is -2.44. The molecule has 0 radical (unpaired) electrons. The number of carbonyl (C=O) groups is 4. The van der Waals surface area contributed by atoms with E-state index in [9.17, 15) is 19.2 Å². The fourth-order valence-electron chi connectivity index (χ4n) is 4.85. The predicted octanol–water partition coefficient (Wildman–Crippen LogP) is 0.648. The Hall–Kier alpha value is -2.98. The molecular formula is C27H40N4O6. The number of hydrogen-bond donors (Lipinski definition) is 0. The van der Waals surface area contributed by atoms with Gasteiger partial charge < -0.3 is 29.1 Å². The van der Waals surface area contributed by atoms with Gasteiger partial charge in [-0.1, -0.05) is 30.3 Å². The summed E-state index contributed by atoms with van der Waals surface area (Å²) >= 11 is 0. The van der Waals surface area contributed by atoms with Crippen LogP contribution < -0.4 is 0 Å². The van der Waals surface area contributed by atoms with Gasteiger partial charge >= 0.3 is 0 Å². The molecule has 0 N–H and O–H groups in total. The summed E-state index contributed by atoms with van der Waals surface area (Å²) in [6, 6.07) is 9.90. The van der Waals surface area contributed by atoms with Crippen molar-refractivity contribution >= 4 is 23.6 Å². The fraction of sp³-hybridized carbons (Fsp3) is 0.630. The van der Waals surface area contributed by atoms with Crippen LogP contribution in [0, 0.1) is 5.92 Å². The van der Waals surface area contributed by atoms with Crippen molar-refractivity contribution in [1.29, 1.82) is 0 Å². The van der Waals surface area contributed by atoms with Gasteiger partial charge in [0.05, 0.1) is 25.2 Å². The first-order valence-corrected chi connectivity index (χ1v) is 13.1. The topological polar surface area (TPSA) is 99.7 Å². The zero-order valence-electron chi connectivity index (χ0n) is 22.3. The Balaban J connectivity index is 1.70. The van der Waals surface area contributed by atoms with E-state index in [0.717, 1.165) is 5.56 Å². The van der Waals surface area contributed by atoms with Crippen LogP contribution in [0.15, 0.2) is 30.3 Å². The van der Waals surface area contributed by atoms with E-state index in [0.29, 0.717) is 52.3 Å². The van der Waals surface area contributed by atoms with Crippen molar-refractivity contribution in [3.63, 3.8) is 0 Å². The van der Waals surface area contributed by atoms with Gasteiger partial charge in [-0.05, 0) is 25.8 Å². The fourth-order valence-corrected chi connectivity index (χ4v) is 4.85. The average molecular weight is 517 g/mol. The molecule has 0 spiro atoms. The summed E-state index contributed by atoms with van der Waals surface area (Å²) in [6.45, 7) is 6.96. The molecule has 0 saturated carbocycles. The van der Waals surface area contributed by atoms with Crippen LogP contribution in [0.25, 0.3) is 0 Å². The maximum absolute atomic E-state index is 13.4. The summed E-state index contributed by atoms with van der Waals surface area (Å²) in [4.78, 5) is 58.2. The van der Waals surface area contributed by atoms with Gasteiger partial charge in [0.2, 0.25) is 23.6 Å². The minimum atomic E-state index is -0.508. The molecule has 2 fully saturated rings. The third-order valence-electron chi connectivity index (χ3n) is 7.04. The van der Waals surface area contributed by atoms with Crippen LogP contribution in [-0.4, -0.2) is 122 Å². The highest BCUT2D eigenvalue weighted by Crippen LogP contribution is 2.22. The van der Waals surface area contributed by atoms with Crippen molar-refractivity contribution in [2.45, 2.75) is 32.8 Å². The van der Waals surface area contributed by atoms with Gasteiger partial charge in [0.1, 0.15) is 6.61 Å². The number of hydrogen-bond acceptors (Lipinski definition) is 6. The molecule has 10 heteroatoms. The number of carbonyl (C=O) groups excluding carboxylic acids is 4. The molecule has 3 rings (SSSR count). The van der Waals surface area contributed by atoms with Gasteiger partial charge in [0, 0.05) is 59.3 Å². The second kappa shape index (κ2) is 14.1. The van der Waals surface area contributed by atoms with Crippen molar-refractivity contribution in [3.8, 4) is 0 Å². The number of likely N-dealkylation sites (N-methyl/N-ethyl adjacent to an activating group) is 1. The van der Waals surface area contributed by atoms with E-state index in [1.807, 2.05) is 44.2 Å². The van der Waals surface area contributed by atoms with E-state index < -0.39 is 12.0 Å². The highest BCUT2D eigenvalue weighted by Gasteiger charge is 2.39. The van der Waals surface area contributed by atoms with Crippen molar-refractivity contribution in [2.75, 3.05) is 72.7 Å². The van der Waals surface area contributed by atoms with E-state index in [1.54, 1.807) is 21.8 Å². The summed E-state index contributed by atoms with van der Waals surface area (Å²) in [6.07, 6.45) is 0.293. The minimum absolute atomic E-state index is 0.0692. The lowest BCUT2D eigenvalue weighted by Gasteiger charge is -2.27. The summed E-state index contributed by atoms with van der Waals surface area (Å²) in [5.74, 6) is -1.10. The van der Waals surface area contributed by atoms with Gasteiger partial charge in [0.25, 0.3) is 0 Å². The molecule has 2 heterocycles. The Kier molecular flexibility index (Phi) is 10.9. The predicted molar refractivity (Wildman–Crippen MR) is 138 cm³/mol. The highest BCUT2D eigenvalue weighted by molar-refractivity contribution is 5.91. The quantitative estimate of drug-likeness (QED) is 0.405. The largest absolute Gasteiger partial charge is 0.383 e. The number of methoxy groups -OCH3 is 1. The monoisotopic (exact) mass is 516 g/mol. The Labute approximate surface area is 219 Å². The van der Waals surface area contributed by atoms with Crippen molar-refractivity contribution < 1.29 is 28.7 Å². The Morgan fingerprint density at radius 3 is 2.35 bits per heavy atom. The number of benzene rings is 1. The average Bonchev–Trinajstić information content (AvgIpc) is 3.19. The molecule has 4 amide bonds. The molecule has 0 aromatic heterocycles. The number of nitrogens with zero attached hydrogens (tertiary/aromatic N) is 4. The third-order valence-corrected chi connectivity index (χ3v) is 7.04. The molecule has 2 aliphatic heterocycles. The second-order valence-electron chi connectivity index (χ2n) is 9.53. The van der Waals surface area contributed by atoms with E-state index in [-0.39, 0.29) is 49.7 Å². The maximum Gasteiger partial charge on any atom is 0.248 e. The van der Waals surface area contributed by atoms with Crippen LogP contribution in [0.5, 0.6) is 0 Å². The first-order chi connectivity index (χ1) is 17.9. The summed E-state index contributed by atoms with van der Waals surface area (Å²) < 4.78 is 11.1. The highest BCUT2D eigenvalue weighted by atomic mass is 16.5. The molecule has 10 nitrogen and oxygen atoms in total. The number of likely N-dealkylation sites (tertiary alicyclic amines) is 1. The molecule has 2 atom stereocenters. The summed E-state index contributed by atoms with van der Waals surface area (Å²) in [5.41, 5.74) is 1.11.